The topological polar surface area (TPSA) is 43.4 Å². The smallest absolute Gasteiger partial charge is 0.256 e. The van der Waals surface area contributed by atoms with E-state index in [1.54, 1.807) is 0 Å². The van der Waals surface area contributed by atoms with Gasteiger partial charge in [-0.05, 0) is 88.2 Å². The lowest BCUT2D eigenvalue weighted by atomic mass is 9.33. The molecule has 11 rings (SSSR count). The van der Waals surface area contributed by atoms with Crippen molar-refractivity contribution in [2.24, 2.45) is 0 Å². The first-order valence-electron chi connectivity index (χ1n) is 16.3. The predicted octanol–water partition coefficient (Wildman–Crippen LogP) is 8.05. The number of ether oxygens (including phenoxy) is 4. The SMILES string of the molecule is Cc1cc2c3c(c1)N(c1ccc4c(c1)OCCO4)c1sc4ccccc4c1B3c1c(sc3ccccc13)N2c1ccc2c(c1)OCCO2. The van der Waals surface area contributed by atoms with E-state index in [2.05, 4.69) is 114 Å². The van der Waals surface area contributed by atoms with Gasteiger partial charge >= 0.3 is 0 Å². The molecule has 5 aromatic carbocycles. The number of nitrogens with zero attached hydrogens (tertiary/aromatic N) is 2. The fourth-order valence-corrected chi connectivity index (χ4v) is 10.5. The largest absolute Gasteiger partial charge is 0.486 e. The average molecular weight is 663 g/mol. The van der Waals surface area contributed by atoms with Crippen molar-refractivity contribution in [1.82, 2.24) is 0 Å². The molecule has 0 atom stereocenters. The maximum atomic E-state index is 6.12. The van der Waals surface area contributed by atoms with Crippen LogP contribution < -0.4 is 45.1 Å². The second-order valence-corrected chi connectivity index (χ2v) is 14.7. The molecule has 2 aromatic heterocycles. The van der Waals surface area contributed by atoms with E-state index in [1.807, 2.05) is 22.7 Å². The van der Waals surface area contributed by atoms with E-state index in [0.29, 0.717) is 26.4 Å². The normalized spacial score (nSPS) is 15.4. The summed E-state index contributed by atoms with van der Waals surface area (Å²) in [5.41, 5.74) is 9.71. The summed E-state index contributed by atoms with van der Waals surface area (Å²) in [6, 6.07) is 35.2. The van der Waals surface area contributed by atoms with Crippen molar-refractivity contribution >= 4 is 98.7 Å². The highest BCUT2D eigenvalue weighted by atomic mass is 32.1. The van der Waals surface area contributed by atoms with Gasteiger partial charge in [0, 0.05) is 32.9 Å². The minimum absolute atomic E-state index is 0.0508. The third kappa shape index (κ3) is 3.68. The number of benzene rings is 5. The van der Waals surface area contributed by atoms with Gasteiger partial charge < -0.3 is 28.7 Å². The molecule has 0 radical (unpaired) electrons. The average Bonchev–Trinajstić information content (AvgIpc) is 3.70. The molecule has 0 saturated heterocycles. The van der Waals surface area contributed by atoms with Crippen LogP contribution in [0.5, 0.6) is 23.0 Å². The lowest BCUT2D eigenvalue weighted by Crippen LogP contribution is -2.60. The molecular formula is C39H27BN2O4S2. The van der Waals surface area contributed by atoms with Gasteiger partial charge in [0.25, 0.3) is 6.71 Å². The molecule has 0 fully saturated rings. The van der Waals surface area contributed by atoms with Crippen molar-refractivity contribution < 1.29 is 18.9 Å². The number of aryl methyl sites for hydroxylation is 1. The van der Waals surface area contributed by atoms with E-state index in [-0.39, 0.29) is 6.71 Å². The molecule has 4 aliphatic heterocycles. The Labute approximate surface area is 285 Å². The monoisotopic (exact) mass is 662 g/mol. The Kier molecular flexibility index (Phi) is 5.58. The zero-order chi connectivity index (χ0) is 31.5. The molecule has 0 spiro atoms. The number of fused-ring (bicyclic) bond motifs is 10. The highest BCUT2D eigenvalue weighted by Gasteiger charge is 2.47. The summed E-state index contributed by atoms with van der Waals surface area (Å²) in [7, 11) is 0. The number of hydrogen-bond donors (Lipinski definition) is 0. The van der Waals surface area contributed by atoms with Gasteiger partial charge in [-0.25, -0.2) is 0 Å². The first kappa shape index (κ1) is 26.9. The van der Waals surface area contributed by atoms with Gasteiger partial charge in [0.2, 0.25) is 0 Å². The van der Waals surface area contributed by atoms with Crippen LogP contribution in [0.15, 0.2) is 97.1 Å². The summed E-state index contributed by atoms with van der Waals surface area (Å²) in [6.07, 6.45) is 0. The number of anilines is 6. The molecule has 232 valence electrons. The van der Waals surface area contributed by atoms with Crippen LogP contribution in [0.25, 0.3) is 20.2 Å². The maximum Gasteiger partial charge on any atom is 0.256 e. The first-order chi connectivity index (χ1) is 23.7. The third-order valence-electron chi connectivity index (χ3n) is 9.83. The van der Waals surface area contributed by atoms with Gasteiger partial charge in [0.05, 0.1) is 21.4 Å². The van der Waals surface area contributed by atoms with E-state index in [0.717, 1.165) is 34.4 Å². The first-order valence-corrected chi connectivity index (χ1v) is 17.9. The van der Waals surface area contributed by atoms with E-state index in [1.165, 1.54) is 63.5 Å². The molecule has 0 saturated carbocycles. The predicted molar refractivity (Wildman–Crippen MR) is 198 cm³/mol. The van der Waals surface area contributed by atoms with E-state index in [9.17, 15) is 0 Å². The summed E-state index contributed by atoms with van der Waals surface area (Å²) in [5.74, 6) is 3.16. The Morgan fingerprint density at radius 2 is 0.979 bits per heavy atom. The number of hydrogen-bond acceptors (Lipinski definition) is 8. The van der Waals surface area contributed by atoms with Crippen molar-refractivity contribution in [3.05, 3.63) is 103 Å². The van der Waals surface area contributed by atoms with Crippen molar-refractivity contribution in [3.8, 4) is 23.0 Å². The van der Waals surface area contributed by atoms with Gasteiger partial charge in [-0.2, -0.15) is 0 Å². The summed E-state index contributed by atoms with van der Waals surface area (Å²) in [6.45, 7) is 4.48. The summed E-state index contributed by atoms with van der Waals surface area (Å²) in [4.78, 5) is 4.92. The Balaban J connectivity index is 1.25. The van der Waals surface area contributed by atoms with E-state index in [4.69, 9.17) is 18.9 Å². The van der Waals surface area contributed by atoms with Gasteiger partial charge in [-0.3, -0.25) is 0 Å². The lowest BCUT2D eigenvalue weighted by molar-refractivity contribution is 0.171. The van der Waals surface area contributed by atoms with Crippen LogP contribution >= 0.6 is 22.7 Å². The van der Waals surface area contributed by atoms with Crippen LogP contribution in [0.3, 0.4) is 0 Å². The zero-order valence-electron chi connectivity index (χ0n) is 26.0. The Morgan fingerprint density at radius 3 is 1.48 bits per heavy atom. The van der Waals surface area contributed by atoms with Crippen LogP contribution in [-0.2, 0) is 0 Å². The van der Waals surface area contributed by atoms with Crippen LogP contribution in [0, 0.1) is 6.92 Å². The molecule has 4 aliphatic rings. The summed E-state index contributed by atoms with van der Waals surface area (Å²) in [5, 5.41) is 5.10. The van der Waals surface area contributed by atoms with Crippen LogP contribution in [0.1, 0.15) is 5.56 Å². The summed E-state index contributed by atoms with van der Waals surface area (Å²) < 4.78 is 26.7. The molecule has 0 N–H and O–H groups in total. The molecule has 0 unspecified atom stereocenters. The lowest BCUT2D eigenvalue weighted by Gasteiger charge is -2.42. The van der Waals surface area contributed by atoms with Crippen molar-refractivity contribution in [1.29, 1.82) is 0 Å². The standard InChI is InChI=1S/C39H27BN2O4S2/c1-22-18-27-37-28(19-22)42(24-11-13-30-32(21-24)46-17-15-44-30)39-36(26-7-3-5-9-34(26)48-39)40(37)35-25-6-2-4-8-33(25)47-38(35)41(27)23-10-12-29-31(20-23)45-16-14-43-29/h2-13,18-21H,14-17H2,1H3. The van der Waals surface area contributed by atoms with Gasteiger partial charge in [0.1, 0.15) is 26.4 Å². The third-order valence-corrected chi connectivity index (χ3v) is 12.2. The fourth-order valence-electron chi connectivity index (χ4n) is 7.93. The fraction of sp³-hybridized carbons (Fsp3) is 0.128. The number of rotatable bonds is 2. The minimum Gasteiger partial charge on any atom is -0.486 e. The van der Waals surface area contributed by atoms with Crippen molar-refractivity contribution in [2.75, 3.05) is 36.2 Å². The molecule has 6 nitrogen and oxygen atoms in total. The Hall–Kier alpha value is -5.12. The highest BCUT2D eigenvalue weighted by Crippen LogP contribution is 2.52. The quantitative estimate of drug-likeness (QED) is 0.175. The molecule has 0 bridgehead atoms. The molecule has 0 aliphatic carbocycles. The zero-order valence-corrected chi connectivity index (χ0v) is 27.6. The second-order valence-electron chi connectivity index (χ2n) is 12.6. The van der Waals surface area contributed by atoms with E-state index >= 15 is 0 Å². The Morgan fingerprint density at radius 1 is 0.521 bits per heavy atom. The van der Waals surface area contributed by atoms with Gasteiger partial charge in [-0.1, -0.05) is 36.4 Å². The van der Waals surface area contributed by atoms with Gasteiger partial charge in [0.15, 0.2) is 23.0 Å². The minimum atomic E-state index is 0.0508. The summed E-state index contributed by atoms with van der Waals surface area (Å²) >= 11 is 3.73. The molecule has 7 aromatic rings. The second kappa shape index (κ2) is 9.95. The molecule has 9 heteroatoms. The molecule has 0 amide bonds. The van der Waals surface area contributed by atoms with Crippen LogP contribution in [0.4, 0.5) is 32.8 Å². The highest BCUT2D eigenvalue weighted by molar-refractivity contribution is 7.29. The molecule has 48 heavy (non-hydrogen) atoms. The Bertz CT molecular complexity index is 2320. The van der Waals surface area contributed by atoms with E-state index < -0.39 is 0 Å². The molecule has 6 heterocycles. The van der Waals surface area contributed by atoms with Crippen LogP contribution in [0.2, 0.25) is 0 Å². The van der Waals surface area contributed by atoms with Crippen molar-refractivity contribution in [2.45, 2.75) is 6.92 Å². The van der Waals surface area contributed by atoms with Crippen LogP contribution in [-0.4, -0.2) is 33.1 Å². The maximum absolute atomic E-state index is 6.12. The van der Waals surface area contributed by atoms with Crippen molar-refractivity contribution in [3.63, 3.8) is 0 Å². The molecular weight excluding hydrogens is 635 g/mol. The van der Waals surface area contributed by atoms with Gasteiger partial charge in [-0.15, -0.1) is 22.7 Å². The number of thiophene rings is 2.